The van der Waals surface area contributed by atoms with Crippen molar-refractivity contribution in [2.45, 2.75) is 51.7 Å². The molecule has 2 aromatic carbocycles. The first-order chi connectivity index (χ1) is 14.7. The number of nitrogens with one attached hydrogen (secondary N) is 2. The molecular weight excluding hydrogens is 370 g/mol. The Labute approximate surface area is 181 Å². The van der Waals surface area contributed by atoms with Crippen LogP contribution in [0.4, 0.5) is 5.69 Å². The maximum absolute atomic E-state index is 10.6. The molecule has 0 radical (unpaired) electrons. The average Bonchev–Trinajstić information content (AvgIpc) is 2.79. The highest BCUT2D eigenvalue weighted by atomic mass is 16.3. The van der Waals surface area contributed by atoms with Crippen LogP contribution < -0.4 is 10.6 Å². The molecule has 2 heterocycles. The Morgan fingerprint density at radius 2 is 1.97 bits per heavy atom. The highest BCUT2D eigenvalue weighted by molar-refractivity contribution is 5.84. The number of benzene rings is 2. The van der Waals surface area contributed by atoms with Crippen molar-refractivity contribution in [3.8, 4) is 11.1 Å². The van der Waals surface area contributed by atoms with Crippen LogP contribution in [0.2, 0.25) is 0 Å². The molecule has 4 nitrogen and oxygen atoms in total. The van der Waals surface area contributed by atoms with E-state index >= 15 is 0 Å². The van der Waals surface area contributed by atoms with Gasteiger partial charge >= 0.3 is 0 Å². The number of piperidine rings is 1. The van der Waals surface area contributed by atoms with Crippen LogP contribution in [-0.2, 0) is 13.0 Å². The molecule has 0 bridgehead atoms. The van der Waals surface area contributed by atoms with Gasteiger partial charge in [0.1, 0.15) is 0 Å². The topological polar surface area (TPSA) is 47.5 Å². The van der Waals surface area contributed by atoms with Gasteiger partial charge in [-0.3, -0.25) is 0 Å². The van der Waals surface area contributed by atoms with Crippen molar-refractivity contribution in [1.29, 1.82) is 0 Å². The fraction of sp³-hybridized carbons (Fsp3) is 0.538. The molecule has 2 aliphatic heterocycles. The summed E-state index contributed by atoms with van der Waals surface area (Å²) in [4.78, 5) is 2.58. The molecule has 0 aliphatic carbocycles. The Kier molecular flexibility index (Phi) is 7.42. The molecule has 1 saturated heterocycles. The minimum absolute atomic E-state index is 0.294. The van der Waals surface area contributed by atoms with Gasteiger partial charge in [-0.05, 0) is 87.0 Å². The molecule has 162 valence electrons. The van der Waals surface area contributed by atoms with Gasteiger partial charge in [-0.2, -0.15) is 0 Å². The van der Waals surface area contributed by atoms with E-state index in [2.05, 4.69) is 64.9 Å². The number of aliphatic hydroxyl groups excluding tert-OH is 1. The molecule has 4 rings (SSSR count). The molecule has 1 fully saturated rings. The molecule has 2 aromatic rings. The summed E-state index contributed by atoms with van der Waals surface area (Å²) in [5, 5.41) is 17.6. The molecule has 0 spiro atoms. The lowest BCUT2D eigenvalue weighted by Gasteiger charge is -2.32. The molecule has 0 aromatic heterocycles. The van der Waals surface area contributed by atoms with Gasteiger partial charge < -0.3 is 20.6 Å². The maximum Gasteiger partial charge on any atom is 0.0667 e. The zero-order chi connectivity index (χ0) is 20.8. The van der Waals surface area contributed by atoms with Crippen LogP contribution in [0.25, 0.3) is 11.1 Å². The summed E-state index contributed by atoms with van der Waals surface area (Å²) in [7, 11) is 0. The number of hydrogen-bond donors (Lipinski definition) is 3. The number of likely N-dealkylation sites (tertiary alicyclic amines) is 1. The van der Waals surface area contributed by atoms with Gasteiger partial charge in [0, 0.05) is 24.3 Å². The molecule has 4 heteroatoms. The van der Waals surface area contributed by atoms with E-state index in [0.29, 0.717) is 6.54 Å². The zero-order valence-corrected chi connectivity index (χ0v) is 18.4. The summed E-state index contributed by atoms with van der Waals surface area (Å²) in [6.45, 7) is 8.58. The smallest absolute Gasteiger partial charge is 0.0667 e. The van der Waals surface area contributed by atoms with E-state index in [0.717, 1.165) is 31.8 Å². The molecular formula is C26H37N3O. The van der Waals surface area contributed by atoms with Crippen LogP contribution in [0.3, 0.4) is 0 Å². The monoisotopic (exact) mass is 407 g/mol. The van der Waals surface area contributed by atoms with Crippen molar-refractivity contribution in [3.63, 3.8) is 0 Å². The van der Waals surface area contributed by atoms with Gasteiger partial charge in [-0.15, -0.1) is 0 Å². The lowest BCUT2D eigenvalue weighted by Crippen LogP contribution is -2.39. The van der Waals surface area contributed by atoms with E-state index in [-0.39, 0.29) is 6.10 Å². The van der Waals surface area contributed by atoms with Crippen LogP contribution >= 0.6 is 0 Å². The lowest BCUT2D eigenvalue weighted by atomic mass is 9.88. The maximum atomic E-state index is 10.6. The van der Waals surface area contributed by atoms with Crippen molar-refractivity contribution in [3.05, 3.63) is 53.6 Å². The Morgan fingerprint density at radius 1 is 1.13 bits per heavy atom. The second-order valence-electron chi connectivity index (χ2n) is 8.99. The third kappa shape index (κ3) is 5.23. The molecule has 0 unspecified atom stereocenters. The van der Waals surface area contributed by atoms with Crippen LogP contribution in [0.15, 0.2) is 42.5 Å². The third-order valence-electron chi connectivity index (χ3n) is 6.71. The number of aliphatic hydroxyl groups is 1. The minimum Gasteiger partial charge on any atom is -0.392 e. The molecule has 0 amide bonds. The van der Waals surface area contributed by atoms with Crippen LogP contribution in [-0.4, -0.2) is 48.8 Å². The van der Waals surface area contributed by atoms with E-state index in [1.807, 2.05) is 0 Å². The van der Waals surface area contributed by atoms with E-state index < -0.39 is 0 Å². The Morgan fingerprint density at radius 3 is 2.80 bits per heavy atom. The third-order valence-corrected chi connectivity index (χ3v) is 6.71. The minimum atomic E-state index is -0.294. The van der Waals surface area contributed by atoms with Gasteiger partial charge in [0.2, 0.25) is 0 Å². The van der Waals surface area contributed by atoms with Gasteiger partial charge in [-0.25, -0.2) is 0 Å². The van der Waals surface area contributed by atoms with Gasteiger partial charge in [0.05, 0.1) is 6.10 Å². The van der Waals surface area contributed by atoms with E-state index in [9.17, 15) is 5.11 Å². The van der Waals surface area contributed by atoms with Gasteiger partial charge in [0.15, 0.2) is 0 Å². The van der Waals surface area contributed by atoms with Crippen molar-refractivity contribution in [1.82, 2.24) is 10.2 Å². The largest absolute Gasteiger partial charge is 0.392 e. The fourth-order valence-electron chi connectivity index (χ4n) is 5.01. The van der Waals surface area contributed by atoms with E-state index in [4.69, 9.17) is 0 Å². The predicted molar refractivity (Wildman–Crippen MR) is 126 cm³/mol. The summed E-state index contributed by atoms with van der Waals surface area (Å²) in [6, 6.07) is 15.1. The van der Waals surface area contributed by atoms with E-state index in [1.54, 1.807) is 0 Å². The summed E-state index contributed by atoms with van der Waals surface area (Å²) >= 11 is 0. The van der Waals surface area contributed by atoms with Crippen LogP contribution in [0.5, 0.6) is 0 Å². The average molecular weight is 408 g/mol. The highest BCUT2D eigenvalue weighted by Gasteiger charge is 2.20. The molecule has 1 atom stereocenters. The number of anilines is 1. The number of rotatable bonds is 9. The standard InChI is InChI=1S/C26H37N3O/c1-2-14-29-15-12-20(13-16-29)17-27-19-23(30)11-10-21-6-5-7-22-18-28-25-9-4-3-8-24(25)26(21)22/h3-9,20,23,27-28,30H,2,10-19H2,1H3/t23-/m1/s1. The molecule has 2 aliphatic rings. The Balaban J connectivity index is 1.25. The van der Waals surface area contributed by atoms with Crippen molar-refractivity contribution >= 4 is 5.69 Å². The second-order valence-corrected chi connectivity index (χ2v) is 8.99. The summed E-state index contributed by atoms with van der Waals surface area (Å²) in [5.41, 5.74) is 6.57. The normalized spacial score (nSPS) is 17.8. The van der Waals surface area contributed by atoms with Crippen LogP contribution in [0.1, 0.15) is 43.7 Å². The number of hydrogen-bond acceptors (Lipinski definition) is 4. The van der Waals surface area contributed by atoms with Crippen LogP contribution in [0, 0.1) is 5.92 Å². The number of para-hydroxylation sites is 1. The summed E-state index contributed by atoms with van der Waals surface area (Å²) in [5.74, 6) is 0.760. The van der Waals surface area contributed by atoms with E-state index in [1.165, 1.54) is 66.8 Å². The zero-order valence-electron chi connectivity index (χ0n) is 18.4. The van der Waals surface area contributed by atoms with Crippen molar-refractivity contribution in [2.75, 3.05) is 38.0 Å². The SMILES string of the molecule is CCCN1CCC(CNC[C@H](O)CCc2cccc3c2-c2ccccc2NC3)CC1. The second kappa shape index (κ2) is 10.4. The number of nitrogens with zero attached hydrogens (tertiary/aromatic N) is 1. The molecule has 0 saturated carbocycles. The Bertz CT molecular complexity index is 814. The lowest BCUT2D eigenvalue weighted by molar-refractivity contribution is 0.151. The first-order valence-electron chi connectivity index (χ1n) is 11.8. The summed E-state index contributed by atoms with van der Waals surface area (Å²) < 4.78 is 0. The fourth-order valence-corrected chi connectivity index (χ4v) is 5.01. The first-order valence-corrected chi connectivity index (χ1v) is 11.8. The van der Waals surface area contributed by atoms with Crippen molar-refractivity contribution < 1.29 is 5.11 Å². The molecule has 30 heavy (non-hydrogen) atoms. The predicted octanol–water partition coefficient (Wildman–Crippen LogP) is 4.28. The molecule has 3 N–H and O–H groups in total. The van der Waals surface area contributed by atoms with Crippen molar-refractivity contribution in [2.24, 2.45) is 5.92 Å². The summed E-state index contributed by atoms with van der Waals surface area (Å²) in [6.07, 6.45) is 5.24. The number of fused-ring (bicyclic) bond motifs is 3. The van der Waals surface area contributed by atoms with Gasteiger partial charge in [-0.1, -0.05) is 43.3 Å². The van der Waals surface area contributed by atoms with Gasteiger partial charge in [0.25, 0.3) is 0 Å². The Hall–Kier alpha value is -1.88. The quantitative estimate of drug-likeness (QED) is 0.581. The highest BCUT2D eigenvalue weighted by Crippen LogP contribution is 2.38. The number of aryl methyl sites for hydroxylation is 1. The first kappa shape index (κ1) is 21.4.